The Morgan fingerprint density at radius 1 is 0.841 bits per heavy atom. The molecule has 0 spiro atoms. The Hall–Kier alpha value is -4.42. The van der Waals surface area contributed by atoms with Gasteiger partial charge in [0.1, 0.15) is 24.3 Å². The minimum Gasteiger partial charge on any atom is -0.457 e. The molecule has 4 nitrogen and oxygen atoms in total. The topological polar surface area (TPSA) is 52.6 Å². The summed E-state index contributed by atoms with van der Waals surface area (Å²) >= 11 is 0. The van der Waals surface area contributed by atoms with Crippen molar-refractivity contribution in [2.24, 2.45) is 0 Å². The zero-order valence-electron chi connectivity index (χ0n) is 24.6. The molecule has 2 unspecified atom stereocenters. The van der Waals surface area contributed by atoms with Crippen molar-refractivity contribution in [2.75, 3.05) is 6.61 Å². The molecule has 4 atom stereocenters. The molecular weight excluding hydrogens is 558 g/mol. The summed E-state index contributed by atoms with van der Waals surface area (Å²) in [6.07, 6.45) is 3.69. The van der Waals surface area contributed by atoms with Crippen molar-refractivity contribution in [1.29, 1.82) is 0 Å². The Labute approximate surface area is 256 Å². The van der Waals surface area contributed by atoms with Gasteiger partial charge in [0.05, 0.1) is 6.10 Å². The van der Waals surface area contributed by atoms with Gasteiger partial charge in [-0.05, 0) is 88.0 Å². The van der Waals surface area contributed by atoms with Crippen LogP contribution in [0.15, 0.2) is 97.6 Å². The van der Waals surface area contributed by atoms with E-state index in [0.717, 1.165) is 39.8 Å². The lowest BCUT2D eigenvalue weighted by Gasteiger charge is -2.31. The maximum atomic E-state index is 13.8. The van der Waals surface area contributed by atoms with Gasteiger partial charge >= 0.3 is 5.97 Å². The molecule has 0 saturated carbocycles. The summed E-state index contributed by atoms with van der Waals surface area (Å²) in [6, 6.07) is 25.9. The smallest absolute Gasteiger partial charge is 0.303 e. The van der Waals surface area contributed by atoms with Crippen molar-refractivity contribution in [1.82, 2.24) is 0 Å². The van der Waals surface area contributed by atoms with Crippen LogP contribution in [0.4, 0.5) is 8.78 Å². The normalized spacial score (nSPS) is 21.4. The molecule has 1 aliphatic heterocycles. The van der Waals surface area contributed by atoms with Gasteiger partial charge in [0.15, 0.2) is 5.78 Å². The molecule has 6 heteroatoms. The first-order chi connectivity index (χ1) is 21.3. The van der Waals surface area contributed by atoms with Crippen molar-refractivity contribution in [3.8, 4) is 0 Å². The summed E-state index contributed by atoms with van der Waals surface area (Å²) in [5.41, 5.74) is 8.41. The van der Waals surface area contributed by atoms with E-state index >= 15 is 0 Å². The van der Waals surface area contributed by atoms with Gasteiger partial charge in [0, 0.05) is 25.2 Å². The maximum Gasteiger partial charge on any atom is 0.303 e. The number of hydrogen-bond acceptors (Lipinski definition) is 4. The first-order valence-corrected chi connectivity index (χ1v) is 15.0. The molecule has 44 heavy (non-hydrogen) atoms. The summed E-state index contributed by atoms with van der Waals surface area (Å²) in [4.78, 5) is 23.5. The van der Waals surface area contributed by atoms with E-state index in [-0.39, 0.29) is 47.9 Å². The van der Waals surface area contributed by atoms with Gasteiger partial charge in [0.2, 0.25) is 0 Å². The zero-order valence-corrected chi connectivity index (χ0v) is 24.6. The second-order valence-corrected chi connectivity index (χ2v) is 11.7. The number of halogens is 2. The second kappa shape index (κ2) is 12.7. The van der Waals surface area contributed by atoms with Crippen LogP contribution >= 0.6 is 0 Å². The van der Waals surface area contributed by atoms with Crippen LogP contribution in [0.3, 0.4) is 0 Å². The van der Waals surface area contributed by atoms with E-state index in [2.05, 4.69) is 30.8 Å². The number of ketones is 1. The van der Waals surface area contributed by atoms with E-state index < -0.39 is 6.10 Å². The minimum atomic E-state index is -0.500. The lowest BCUT2D eigenvalue weighted by Crippen LogP contribution is -2.27. The molecular formula is C38H34F2O4. The number of benzene rings is 4. The monoisotopic (exact) mass is 592 g/mol. The predicted octanol–water partition coefficient (Wildman–Crippen LogP) is 8.24. The van der Waals surface area contributed by atoms with Gasteiger partial charge in [-0.15, -0.1) is 6.58 Å². The van der Waals surface area contributed by atoms with Crippen LogP contribution in [0.25, 0.3) is 0 Å². The summed E-state index contributed by atoms with van der Waals surface area (Å²) in [5.74, 6) is -0.881. The molecule has 4 aromatic carbocycles. The molecule has 4 aromatic rings. The van der Waals surface area contributed by atoms with Crippen LogP contribution in [0.1, 0.15) is 88.3 Å². The first kappa shape index (κ1) is 29.6. The Morgan fingerprint density at radius 3 is 2.07 bits per heavy atom. The highest BCUT2D eigenvalue weighted by Gasteiger charge is 2.37. The van der Waals surface area contributed by atoms with Crippen LogP contribution in [0.2, 0.25) is 0 Å². The number of carbonyl (C=O) groups excluding carboxylic acids is 2. The van der Waals surface area contributed by atoms with Gasteiger partial charge in [-0.1, -0.05) is 66.7 Å². The van der Waals surface area contributed by atoms with E-state index in [4.69, 9.17) is 9.47 Å². The zero-order chi connectivity index (χ0) is 30.8. The number of Topliss-reactive ketones (excluding diaryl/α,β-unsaturated/α-hetero) is 1. The lowest BCUT2D eigenvalue weighted by molar-refractivity contribution is -0.148. The second-order valence-electron chi connectivity index (χ2n) is 11.7. The number of rotatable bonds is 3. The van der Waals surface area contributed by atoms with Crippen molar-refractivity contribution in [2.45, 2.75) is 56.7 Å². The molecule has 224 valence electrons. The standard InChI is InChI=1S/C20H19FO2.C18H15FO2/c1-3-6-18-17-8-5-4-7-14(17)11-15-9-10-16(21)12-19(15)20(18)23-13(2)22;19-13-6-5-12-7-11-3-1-2-4-15(11)17-9-14(20)10-21-18(17)16(12)8-13/h3-5,7-10,12,18,20H,1,6,11H2,2H3;1-6,8,17-18H,7,9-10H2/t18?,20-;17?,18-/m01/s1. The summed E-state index contributed by atoms with van der Waals surface area (Å²) in [5, 5.41) is 0. The number of ether oxygens (including phenoxy) is 2. The van der Waals surface area contributed by atoms with Crippen molar-refractivity contribution < 1.29 is 27.8 Å². The van der Waals surface area contributed by atoms with E-state index in [1.54, 1.807) is 12.1 Å². The Kier molecular flexibility index (Phi) is 8.53. The van der Waals surface area contributed by atoms with E-state index in [1.165, 1.54) is 36.2 Å². The molecule has 0 amide bonds. The highest BCUT2D eigenvalue weighted by Crippen LogP contribution is 2.46. The van der Waals surface area contributed by atoms with Crippen molar-refractivity contribution in [3.63, 3.8) is 0 Å². The van der Waals surface area contributed by atoms with Crippen LogP contribution in [0, 0.1) is 11.6 Å². The van der Waals surface area contributed by atoms with Gasteiger partial charge in [-0.2, -0.15) is 0 Å². The fraction of sp³-hybridized carbons (Fsp3) is 0.263. The summed E-state index contributed by atoms with van der Waals surface area (Å²) in [7, 11) is 0. The van der Waals surface area contributed by atoms with Crippen LogP contribution < -0.4 is 0 Å². The van der Waals surface area contributed by atoms with Crippen LogP contribution in [-0.4, -0.2) is 18.4 Å². The molecule has 0 radical (unpaired) electrons. The number of esters is 1. The lowest BCUT2D eigenvalue weighted by atomic mass is 9.83. The molecule has 1 heterocycles. The quantitative estimate of drug-likeness (QED) is 0.178. The number of carbonyl (C=O) groups is 2. The van der Waals surface area contributed by atoms with Gasteiger partial charge < -0.3 is 9.47 Å². The largest absolute Gasteiger partial charge is 0.457 e. The third-order valence-electron chi connectivity index (χ3n) is 8.82. The molecule has 1 saturated heterocycles. The Bertz CT molecular complexity index is 1730. The van der Waals surface area contributed by atoms with E-state index in [0.29, 0.717) is 19.3 Å². The molecule has 0 bridgehead atoms. The molecule has 2 aliphatic carbocycles. The molecule has 7 rings (SSSR count). The highest BCUT2D eigenvalue weighted by atomic mass is 19.1. The summed E-state index contributed by atoms with van der Waals surface area (Å²) in [6.45, 7) is 5.34. The van der Waals surface area contributed by atoms with E-state index in [1.807, 2.05) is 36.4 Å². The number of fused-ring (bicyclic) bond motifs is 7. The molecule has 0 aromatic heterocycles. The van der Waals surface area contributed by atoms with Crippen LogP contribution in [-0.2, 0) is 31.9 Å². The SMILES string of the molecule is C=CCC1c2ccccc2Cc2ccc(F)cc2[C@H]1OC(C)=O.O=C1CO[C@@H]2c3cc(F)ccc3Cc3ccccc3C2C1. The van der Waals surface area contributed by atoms with Crippen molar-refractivity contribution in [3.05, 3.63) is 154 Å². The predicted molar refractivity (Wildman–Crippen MR) is 164 cm³/mol. The number of hydrogen-bond donors (Lipinski definition) is 0. The average molecular weight is 593 g/mol. The van der Waals surface area contributed by atoms with E-state index in [9.17, 15) is 18.4 Å². The van der Waals surface area contributed by atoms with Gasteiger partial charge in [0.25, 0.3) is 0 Å². The fourth-order valence-electron chi connectivity index (χ4n) is 6.93. The third kappa shape index (κ3) is 6.00. The van der Waals surface area contributed by atoms with Gasteiger partial charge in [-0.3, -0.25) is 9.59 Å². The minimum absolute atomic E-state index is 0.00880. The van der Waals surface area contributed by atoms with Crippen LogP contribution in [0.5, 0.6) is 0 Å². The molecule has 0 N–H and O–H groups in total. The Balaban J connectivity index is 0.000000156. The average Bonchev–Trinajstić information content (AvgIpc) is 3.22. The first-order valence-electron chi connectivity index (χ1n) is 15.0. The Morgan fingerprint density at radius 2 is 1.41 bits per heavy atom. The summed E-state index contributed by atoms with van der Waals surface area (Å²) < 4.78 is 38.9. The fourth-order valence-corrected chi connectivity index (χ4v) is 6.93. The molecule has 3 aliphatic rings. The van der Waals surface area contributed by atoms with Crippen molar-refractivity contribution >= 4 is 11.8 Å². The highest BCUT2D eigenvalue weighted by molar-refractivity contribution is 5.81. The maximum absolute atomic E-state index is 13.8. The third-order valence-corrected chi connectivity index (χ3v) is 8.82. The number of allylic oxidation sites excluding steroid dienone is 1. The molecule has 1 fully saturated rings. The van der Waals surface area contributed by atoms with Gasteiger partial charge in [-0.25, -0.2) is 8.78 Å².